The number of aromatic amines is 1. The summed E-state index contributed by atoms with van der Waals surface area (Å²) in [6.45, 7) is 0. The summed E-state index contributed by atoms with van der Waals surface area (Å²) in [6, 6.07) is 13.7. The van der Waals surface area contributed by atoms with Crippen LogP contribution in [0.1, 0.15) is 5.69 Å². The topological polar surface area (TPSA) is 74.6 Å². The second-order valence-corrected chi connectivity index (χ2v) is 5.17. The zero-order valence-electron chi connectivity index (χ0n) is 12.4. The van der Waals surface area contributed by atoms with Crippen LogP contribution in [0, 0.1) is 11.3 Å². The van der Waals surface area contributed by atoms with Crippen LogP contribution in [0.15, 0.2) is 48.8 Å². The lowest BCUT2D eigenvalue weighted by Gasteiger charge is -2.07. The fraction of sp³-hybridized carbons (Fsp3) is 0.0556. The average Bonchev–Trinajstić information content (AvgIpc) is 2.98. The Morgan fingerprint density at radius 3 is 2.78 bits per heavy atom. The number of para-hydroxylation sites is 1. The van der Waals surface area contributed by atoms with Gasteiger partial charge in [-0.3, -0.25) is 0 Å². The first-order chi connectivity index (χ1) is 11.3. The van der Waals surface area contributed by atoms with Crippen LogP contribution in [-0.2, 0) is 0 Å². The first-order valence-corrected chi connectivity index (χ1v) is 7.11. The van der Waals surface area contributed by atoms with E-state index >= 15 is 0 Å². The van der Waals surface area contributed by atoms with Crippen LogP contribution in [0.25, 0.3) is 33.1 Å². The summed E-state index contributed by atoms with van der Waals surface area (Å²) in [4.78, 5) is 11.8. The number of aromatic nitrogens is 3. The maximum atomic E-state index is 9.05. The molecule has 110 valence electrons. The molecule has 5 nitrogen and oxygen atoms in total. The first kappa shape index (κ1) is 13.3. The van der Waals surface area contributed by atoms with Gasteiger partial charge in [0.05, 0.1) is 18.8 Å². The number of fused-ring (bicyclic) bond motifs is 3. The largest absolute Gasteiger partial charge is 0.496 e. The van der Waals surface area contributed by atoms with Crippen LogP contribution >= 0.6 is 0 Å². The number of nitrogens with zero attached hydrogens (tertiary/aromatic N) is 3. The normalized spacial score (nSPS) is 10.8. The van der Waals surface area contributed by atoms with Crippen molar-refractivity contribution in [3.8, 4) is 22.9 Å². The molecule has 1 N–H and O–H groups in total. The molecule has 0 radical (unpaired) electrons. The quantitative estimate of drug-likeness (QED) is 0.613. The molecule has 0 spiro atoms. The van der Waals surface area contributed by atoms with Crippen LogP contribution in [0.2, 0.25) is 0 Å². The summed E-state index contributed by atoms with van der Waals surface area (Å²) in [7, 11) is 1.65. The molecule has 0 unspecified atom stereocenters. The van der Waals surface area contributed by atoms with Gasteiger partial charge < -0.3 is 9.72 Å². The van der Waals surface area contributed by atoms with E-state index in [0.717, 1.165) is 38.8 Å². The maximum absolute atomic E-state index is 9.05. The number of benzene rings is 1. The van der Waals surface area contributed by atoms with E-state index < -0.39 is 0 Å². The number of ether oxygens (including phenoxy) is 1. The van der Waals surface area contributed by atoms with Gasteiger partial charge in [0, 0.05) is 28.1 Å². The molecule has 0 amide bonds. The van der Waals surface area contributed by atoms with Crippen molar-refractivity contribution in [1.82, 2.24) is 15.0 Å². The highest BCUT2D eigenvalue weighted by Gasteiger charge is 2.11. The van der Waals surface area contributed by atoms with E-state index in [4.69, 9.17) is 10.00 Å². The number of pyridine rings is 2. The zero-order valence-corrected chi connectivity index (χ0v) is 12.4. The number of H-pyrrole nitrogens is 1. The van der Waals surface area contributed by atoms with E-state index in [9.17, 15) is 0 Å². The van der Waals surface area contributed by atoms with Crippen molar-refractivity contribution in [2.24, 2.45) is 0 Å². The minimum Gasteiger partial charge on any atom is -0.496 e. The zero-order chi connectivity index (χ0) is 15.8. The predicted molar refractivity (Wildman–Crippen MR) is 88.1 cm³/mol. The summed E-state index contributed by atoms with van der Waals surface area (Å²) in [5.74, 6) is 0.799. The maximum Gasteiger partial charge on any atom is 0.141 e. The third kappa shape index (κ3) is 2.09. The second-order valence-electron chi connectivity index (χ2n) is 5.17. The summed E-state index contributed by atoms with van der Waals surface area (Å²) in [5.41, 5.74) is 3.97. The van der Waals surface area contributed by atoms with Crippen molar-refractivity contribution < 1.29 is 4.74 Å². The fourth-order valence-electron chi connectivity index (χ4n) is 2.77. The van der Waals surface area contributed by atoms with Gasteiger partial charge in [0.25, 0.3) is 0 Å². The Labute approximate surface area is 132 Å². The molecule has 3 heterocycles. The van der Waals surface area contributed by atoms with E-state index in [1.165, 1.54) is 0 Å². The Morgan fingerprint density at radius 2 is 1.96 bits per heavy atom. The van der Waals surface area contributed by atoms with Gasteiger partial charge in [-0.25, -0.2) is 9.97 Å². The SMILES string of the molecule is COc1ccccc1-c1cnc2[nH]c3cnc(C#N)cc3c2c1. The smallest absolute Gasteiger partial charge is 0.141 e. The molecule has 23 heavy (non-hydrogen) atoms. The average molecular weight is 300 g/mol. The molecule has 3 aromatic heterocycles. The van der Waals surface area contributed by atoms with Gasteiger partial charge in [0.15, 0.2) is 0 Å². The Hall–Kier alpha value is -3.39. The Morgan fingerprint density at radius 1 is 1.09 bits per heavy atom. The minimum atomic E-state index is 0.390. The van der Waals surface area contributed by atoms with Crippen LogP contribution in [0.3, 0.4) is 0 Å². The molecular weight excluding hydrogens is 288 g/mol. The molecule has 0 bridgehead atoms. The lowest BCUT2D eigenvalue weighted by atomic mass is 10.0. The third-order valence-electron chi connectivity index (χ3n) is 3.87. The summed E-state index contributed by atoms with van der Waals surface area (Å²) < 4.78 is 5.43. The van der Waals surface area contributed by atoms with Crippen molar-refractivity contribution in [1.29, 1.82) is 5.26 Å². The molecule has 5 heteroatoms. The molecule has 0 aliphatic heterocycles. The van der Waals surface area contributed by atoms with Crippen molar-refractivity contribution in [3.05, 3.63) is 54.5 Å². The lowest BCUT2D eigenvalue weighted by Crippen LogP contribution is -1.88. The highest BCUT2D eigenvalue weighted by molar-refractivity contribution is 6.07. The van der Waals surface area contributed by atoms with E-state index in [1.807, 2.05) is 30.5 Å². The highest BCUT2D eigenvalue weighted by atomic mass is 16.5. The molecule has 0 saturated carbocycles. The molecule has 0 aliphatic rings. The molecule has 0 saturated heterocycles. The van der Waals surface area contributed by atoms with E-state index in [2.05, 4.69) is 27.1 Å². The fourth-order valence-corrected chi connectivity index (χ4v) is 2.77. The molecular formula is C18H12N4O. The standard InChI is InChI=1S/C18H12N4O/c1-23-17-5-3-2-4-13(17)11-6-15-14-7-12(8-19)20-10-16(14)22-18(15)21-9-11/h2-7,9-10H,1H3,(H,21,22). The van der Waals surface area contributed by atoms with Gasteiger partial charge in [-0.05, 0) is 18.2 Å². The van der Waals surface area contributed by atoms with Gasteiger partial charge in [-0.2, -0.15) is 5.26 Å². The number of methoxy groups -OCH3 is 1. The van der Waals surface area contributed by atoms with E-state index in [0.29, 0.717) is 5.69 Å². The monoisotopic (exact) mass is 300 g/mol. The molecule has 0 aliphatic carbocycles. The van der Waals surface area contributed by atoms with Crippen molar-refractivity contribution >= 4 is 21.9 Å². The van der Waals surface area contributed by atoms with Crippen molar-refractivity contribution in [2.75, 3.05) is 7.11 Å². The Bertz CT molecular complexity index is 1080. The van der Waals surface area contributed by atoms with Crippen LogP contribution in [0.4, 0.5) is 0 Å². The van der Waals surface area contributed by atoms with Gasteiger partial charge in [0.1, 0.15) is 23.2 Å². The highest BCUT2D eigenvalue weighted by Crippen LogP contribution is 2.33. The summed E-state index contributed by atoms with van der Waals surface area (Å²) >= 11 is 0. The second kappa shape index (κ2) is 5.11. The summed E-state index contributed by atoms with van der Waals surface area (Å²) in [5, 5.41) is 11.0. The molecule has 0 atom stereocenters. The number of hydrogen-bond acceptors (Lipinski definition) is 4. The van der Waals surface area contributed by atoms with Gasteiger partial charge in [0.2, 0.25) is 0 Å². The minimum absolute atomic E-state index is 0.390. The first-order valence-electron chi connectivity index (χ1n) is 7.11. The number of nitriles is 1. The molecule has 0 fully saturated rings. The molecule has 4 rings (SSSR count). The van der Waals surface area contributed by atoms with Crippen molar-refractivity contribution in [3.63, 3.8) is 0 Å². The van der Waals surface area contributed by atoms with Crippen LogP contribution < -0.4 is 4.74 Å². The van der Waals surface area contributed by atoms with Crippen LogP contribution in [0.5, 0.6) is 5.75 Å². The van der Waals surface area contributed by atoms with Crippen molar-refractivity contribution in [2.45, 2.75) is 0 Å². The Balaban J connectivity index is 2.00. The Kier molecular flexibility index (Phi) is 2.95. The number of nitrogens with one attached hydrogen (secondary N) is 1. The number of hydrogen-bond donors (Lipinski definition) is 1. The van der Waals surface area contributed by atoms with E-state index in [1.54, 1.807) is 19.4 Å². The van der Waals surface area contributed by atoms with Gasteiger partial charge >= 0.3 is 0 Å². The lowest BCUT2D eigenvalue weighted by molar-refractivity contribution is 0.416. The predicted octanol–water partition coefficient (Wildman–Crippen LogP) is 3.66. The third-order valence-corrected chi connectivity index (χ3v) is 3.87. The number of rotatable bonds is 2. The molecule has 1 aromatic carbocycles. The molecule has 4 aromatic rings. The van der Waals surface area contributed by atoms with Gasteiger partial charge in [-0.15, -0.1) is 0 Å². The van der Waals surface area contributed by atoms with E-state index in [-0.39, 0.29) is 0 Å². The summed E-state index contributed by atoms with van der Waals surface area (Å²) in [6.07, 6.45) is 3.48. The van der Waals surface area contributed by atoms with Gasteiger partial charge in [-0.1, -0.05) is 18.2 Å². The van der Waals surface area contributed by atoms with Crippen LogP contribution in [-0.4, -0.2) is 22.1 Å².